The molecular formula is C26H29N3O2. The second-order valence-corrected chi connectivity index (χ2v) is 9.65. The van der Waals surface area contributed by atoms with Gasteiger partial charge in [-0.15, -0.1) is 0 Å². The number of hydrogen-bond acceptors (Lipinski definition) is 3. The number of rotatable bonds is 6. The van der Waals surface area contributed by atoms with Crippen molar-refractivity contribution < 1.29 is 9.59 Å². The van der Waals surface area contributed by atoms with Crippen molar-refractivity contribution in [1.82, 2.24) is 10.7 Å². The molecule has 160 valence electrons. The van der Waals surface area contributed by atoms with Gasteiger partial charge in [-0.1, -0.05) is 48.5 Å². The van der Waals surface area contributed by atoms with Crippen LogP contribution in [0.5, 0.6) is 0 Å². The minimum absolute atomic E-state index is 0.0808. The van der Waals surface area contributed by atoms with Crippen molar-refractivity contribution in [2.24, 2.45) is 22.4 Å². The molecule has 0 aliphatic heterocycles. The molecule has 5 heteroatoms. The lowest BCUT2D eigenvalue weighted by atomic mass is 9.49. The van der Waals surface area contributed by atoms with E-state index < -0.39 is 0 Å². The summed E-state index contributed by atoms with van der Waals surface area (Å²) >= 11 is 0. The first-order valence-corrected chi connectivity index (χ1v) is 11.3. The van der Waals surface area contributed by atoms with Crippen molar-refractivity contribution in [2.75, 3.05) is 0 Å². The molecule has 5 nitrogen and oxygen atoms in total. The first-order valence-electron chi connectivity index (χ1n) is 11.3. The summed E-state index contributed by atoms with van der Waals surface area (Å²) in [6.07, 6.45) is 6.60. The number of carbonyl (C=O) groups excluding carboxylic acids is 2. The molecule has 3 aliphatic rings. The van der Waals surface area contributed by atoms with Gasteiger partial charge >= 0.3 is 0 Å². The van der Waals surface area contributed by atoms with Gasteiger partial charge in [0.2, 0.25) is 12.3 Å². The summed E-state index contributed by atoms with van der Waals surface area (Å²) in [5.41, 5.74) is 8.74. The van der Waals surface area contributed by atoms with Gasteiger partial charge in [0.1, 0.15) is 0 Å². The Morgan fingerprint density at radius 1 is 0.968 bits per heavy atom. The van der Waals surface area contributed by atoms with E-state index in [1.165, 1.54) is 16.7 Å². The average Bonchev–Trinajstić information content (AvgIpc) is 3.15. The highest BCUT2D eigenvalue weighted by Crippen LogP contribution is 2.59. The van der Waals surface area contributed by atoms with Crippen LogP contribution in [0, 0.1) is 24.2 Å². The molecule has 0 bridgehead atoms. The second-order valence-electron chi connectivity index (χ2n) is 9.65. The summed E-state index contributed by atoms with van der Waals surface area (Å²) in [6.45, 7) is 2.08. The maximum Gasteiger partial charge on any atom is 0.227 e. The van der Waals surface area contributed by atoms with Crippen LogP contribution in [0.1, 0.15) is 47.9 Å². The van der Waals surface area contributed by atoms with Crippen molar-refractivity contribution in [2.45, 2.75) is 51.5 Å². The number of nitrogens with zero attached hydrogens (tertiary/aromatic N) is 1. The molecule has 0 heterocycles. The van der Waals surface area contributed by atoms with E-state index in [-0.39, 0.29) is 11.8 Å². The number of fused-ring (bicyclic) bond motifs is 1. The Morgan fingerprint density at radius 3 is 2.26 bits per heavy atom. The SMILES string of the molecule is Cc1ccccc1/C(=N\NC=O)C1CC2(CC(NC(=O)C3Cc4ccccc4C3)C2)C1. The Kier molecular flexibility index (Phi) is 5.12. The monoisotopic (exact) mass is 415 g/mol. The van der Waals surface area contributed by atoms with Crippen molar-refractivity contribution >= 4 is 18.0 Å². The first-order chi connectivity index (χ1) is 15.1. The molecule has 0 radical (unpaired) electrons. The van der Waals surface area contributed by atoms with Crippen LogP contribution in [0.3, 0.4) is 0 Å². The van der Waals surface area contributed by atoms with Crippen molar-refractivity contribution in [3.05, 3.63) is 70.8 Å². The zero-order valence-electron chi connectivity index (χ0n) is 17.9. The number of aryl methyl sites for hydroxylation is 1. The number of hydrazone groups is 1. The Labute approximate surface area is 183 Å². The van der Waals surface area contributed by atoms with Crippen molar-refractivity contribution in [1.29, 1.82) is 0 Å². The van der Waals surface area contributed by atoms with E-state index in [1.807, 2.05) is 12.1 Å². The predicted molar refractivity (Wildman–Crippen MR) is 121 cm³/mol. The van der Waals surface area contributed by atoms with Crippen LogP contribution in [0.25, 0.3) is 0 Å². The quantitative estimate of drug-likeness (QED) is 0.430. The van der Waals surface area contributed by atoms with E-state index in [0.717, 1.165) is 49.8 Å². The molecular weight excluding hydrogens is 386 g/mol. The Bertz CT molecular complexity index is 1010. The van der Waals surface area contributed by atoms with Crippen LogP contribution >= 0.6 is 0 Å². The van der Waals surface area contributed by atoms with Crippen LogP contribution in [0.2, 0.25) is 0 Å². The van der Waals surface area contributed by atoms with Gasteiger partial charge < -0.3 is 5.32 Å². The maximum absolute atomic E-state index is 12.8. The molecule has 2 fully saturated rings. The van der Waals surface area contributed by atoms with Gasteiger partial charge in [0.15, 0.2) is 0 Å². The number of amides is 2. The molecule has 2 amide bonds. The summed E-state index contributed by atoms with van der Waals surface area (Å²) in [6, 6.07) is 16.9. The summed E-state index contributed by atoms with van der Waals surface area (Å²) in [5.74, 6) is 0.649. The number of benzene rings is 2. The second kappa shape index (κ2) is 7.95. The van der Waals surface area contributed by atoms with E-state index in [9.17, 15) is 9.59 Å². The molecule has 0 unspecified atom stereocenters. The van der Waals surface area contributed by atoms with Gasteiger partial charge in [-0.05, 0) is 67.6 Å². The highest BCUT2D eigenvalue weighted by molar-refractivity contribution is 6.04. The number of nitrogens with one attached hydrogen (secondary N) is 2. The Balaban J connectivity index is 1.15. The summed E-state index contributed by atoms with van der Waals surface area (Å²) in [4.78, 5) is 23.6. The lowest BCUT2D eigenvalue weighted by Gasteiger charge is -2.58. The highest BCUT2D eigenvalue weighted by Gasteiger charge is 2.54. The van der Waals surface area contributed by atoms with Gasteiger partial charge in [-0.2, -0.15) is 5.10 Å². The van der Waals surface area contributed by atoms with Gasteiger partial charge in [0.05, 0.1) is 5.71 Å². The predicted octanol–water partition coefficient (Wildman–Crippen LogP) is 3.54. The maximum atomic E-state index is 12.8. The van der Waals surface area contributed by atoms with E-state index in [2.05, 4.69) is 59.2 Å². The van der Waals surface area contributed by atoms with Gasteiger partial charge in [0, 0.05) is 23.4 Å². The summed E-state index contributed by atoms with van der Waals surface area (Å²) in [7, 11) is 0. The normalized spacial score (nSPS) is 27.2. The molecule has 0 saturated heterocycles. The molecule has 3 aliphatic carbocycles. The highest BCUT2D eigenvalue weighted by atomic mass is 16.2. The van der Waals surface area contributed by atoms with Crippen LogP contribution in [0.4, 0.5) is 0 Å². The molecule has 0 aromatic heterocycles. The Hall–Kier alpha value is -2.95. The first kappa shape index (κ1) is 20.0. The zero-order valence-corrected chi connectivity index (χ0v) is 17.9. The van der Waals surface area contributed by atoms with Crippen LogP contribution < -0.4 is 10.7 Å². The van der Waals surface area contributed by atoms with Crippen LogP contribution in [-0.2, 0) is 22.4 Å². The van der Waals surface area contributed by atoms with Crippen molar-refractivity contribution in [3.8, 4) is 0 Å². The molecule has 5 rings (SSSR count). The number of carbonyl (C=O) groups is 2. The van der Waals surface area contributed by atoms with Gasteiger partial charge in [0.25, 0.3) is 0 Å². The molecule has 2 N–H and O–H groups in total. The fraction of sp³-hybridized carbons (Fsp3) is 0.423. The van der Waals surface area contributed by atoms with E-state index in [1.54, 1.807) is 0 Å². The minimum atomic E-state index is 0.0808. The third kappa shape index (κ3) is 3.78. The van der Waals surface area contributed by atoms with Crippen LogP contribution in [0.15, 0.2) is 53.6 Å². The average molecular weight is 416 g/mol. The fourth-order valence-corrected chi connectivity index (χ4v) is 5.99. The number of hydrogen-bond donors (Lipinski definition) is 2. The smallest absolute Gasteiger partial charge is 0.227 e. The van der Waals surface area contributed by atoms with Gasteiger partial charge in [-0.25, -0.2) is 5.43 Å². The van der Waals surface area contributed by atoms with Crippen LogP contribution in [-0.4, -0.2) is 24.1 Å². The minimum Gasteiger partial charge on any atom is -0.353 e. The van der Waals surface area contributed by atoms with E-state index >= 15 is 0 Å². The molecule has 2 aromatic carbocycles. The topological polar surface area (TPSA) is 70.6 Å². The molecule has 0 atom stereocenters. The Morgan fingerprint density at radius 2 is 1.61 bits per heavy atom. The molecule has 31 heavy (non-hydrogen) atoms. The lowest BCUT2D eigenvalue weighted by Crippen LogP contribution is -2.58. The fourth-order valence-electron chi connectivity index (χ4n) is 5.99. The largest absolute Gasteiger partial charge is 0.353 e. The standard InChI is InChI=1S/C26H29N3O2/c1-17-6-2-5-9-23(17)24(29-27-16-30)21-12-26(13-21)14-22(15-26)28-25(31)20-10-18-7-3-4-8-19(18)11-20/h2-9,16,20-22H,10-15H2,1H3,(H,27,30)(H,28,31)/b29-24-. The van der Waals surface area contributed by atoms with Crippen molar-refractivity contribution in [3.63, 3.8) is 0 Å². The van der Waals surface area contributed by atoms with E-state index in [0.29, 0.717) is 23.8 Å². The molecule has 2 aromatic rings. The van der Waals surface area contributed by atoms with Gasteiger partial charge in [-0.3, -0.25) is 9.59 Å². The molecule has 2 saturated carbocycles. The lowest BCUT2D eigenvalue weighted by molar-refractivity contribution is -0.128. The zero-order chi connectivity index (χ0) is 21.4. The molecule has 1 spiro atoms. The third-order valence-electron chi connectivity index (χ3n) is 7.53. The summed E-state index contributed by atoms with van der Waals surface area (Å²) < 4.78 is 0. The van der Waals surface area contributed by atoms with E-state index in [4.69, 9.17) is 0 Å². The third-order valence-corrected chi connectivity index (χ3v) is 7.53. The summed E-state index contributed by atoms with van der Waals surface area (Å²) in [5, 5.41) is 7.70.